The molecule has 4 nitrogen and oxygen atoms in total. The Labute approximate surface area is 123 Å². The van der Waals surface area contributed by atoms with Crippen molar-refractivity contribution in [2.45, 2.75) is 38.6 Å². The van der Waals surface area contributed by atoms with Gasteiger partial charge in [-0.05, 0) is 43.7 Å². The summed E-state index contributed by atoms with van der Waals surface area (Å²) in [6, 6.07) is 2.32. The first-order valence-corrected chi connectivity index (χ1v) is 7.13. The highest BCUT2D eigenvalue weighted by atomic mass is 19.1. The van der Waals surface area contributed by atoms with Crippen molar-refractivity contribution in [3.8, 4) is 0 Å². The number of halogens is 2. The Hall–Kier alpha value is -1.85. The predicted molar refractivity (Wildman–Crippen MR) is 78.7 cm³/mol. The van der Waals surface area contributed by atoms with Crippen LogP contribution in [-0.2, 0) is 0 Å². The molecular formula is C15H21F2N3O. The maximum Gasteiger partial charge on any atom is 0.170 e. The quantitative estimate of drug-likeness (QED) is 0.390. The minimum atomic E-state index is -0.697. The summed E-state index contributed by atoms with van der Waals surface area (Å²) in [5.74, 6) is -1.03. The lowest BCUT2D eigenvalue weighted by atomic mass is 9.86. The van der Waals surface area contributed by atoms with Gasteiger partial charge in [-0.2, -0.15) is 0 Å². The van der Waals surface area contributed by atoms with Crippen LogP contribution in [-0.4, -0.2) is 24.1 Å². The molecule has 1 fully saturated rings. The van der Waals surface area contributed by atoms with E-state index in [2.05, 4.69) is 12.1 Å². The van der Waals surface area contributed by atoms with Crippen molar-refractivity contribution in [3.63, 3.8) is 0 Å². The van der Waals surface area contributed by atoms with Crippen LogP contribution in [0.5, 0.6) is 0 Å². The van der Waals surface area contributed by atoms with E-state index in [1.807, 2.05) is 0 Å². The van der Waals surface area contributed by atoms with Crippen LogP contribution in [0.15, 0.2) is 17.3 Å². The molecule has 1 aliphatic carbocycles. The first kappa shape index (κ1) is 15.5. The van der Waals surface area contributed by atoms with E-state index in [1.54, 1.807) is 11.9 Å². The van der Waals surface area contributed by atoms with Crippen molar-refractivity contribution in [1.29, 1.82) is 0 Å². The highest BCUT2D eigenvalue weighted by Gasteiger charge is 2.26. The van der Waals surface area contributed by atoms with Gasteiger partial charge < -0.3 is 15.8 Å². The van der Waals surface area contributed by atoms with E-state index in [4.69, 9.17) is 10.9 Å². The lowest BCUT2D eigenvalue weighted by Gasteiger charge is -2.35. The van der Waals surface area contributed by atoms with Crippen LogP contribution in [0.4, 0.5) is 14.5 Å². The van der Waals surface area contributed by atoms with E-state index < -0.39 is 11.6 Å². The minimum Gasteiger partial charge on any atom is -0.409 e. The van der Waals surface area contributed by atoms with Gasteiger partial charge in [0.15, 0.2) is 5.84 Å². The molecule has 1 aromatic rings. The molecule has 0 aromatic heterocycles. The summed E-state index contributed by atoms with van der Waals surface area (Å²) in [4.78, 5) is 1.67. The molecule has 0 aliphatic heterocycles. The molecule has 2 rings (SSSR count). The van der Waals surface area contributed by atoms with Crippen LogP contribution >= 0.6 is 0 Å². The van der Waals surface area contributed by atoms with E-state index in [1.165, 1.54) is 0 Å². The molecule has 116 valence electrons. The van der Waals surface area contributed by atoms with E-state index in [9.17, 15) is 8.78 Å². The Morgan fingerprint density at radius 2 is 1.76 bits per heavy atom. The maximum absolute atomic E-state index is 14.2. The molecule has 0 spiro atoms. The van der Waals surface area contributed by atoms with Gasteiger partial charge in [0.25, 0.3) is 0 Å². The third-order valence-corrected chi connectivity index (χ3v) is 4.31. The number of nitrogens with zero attached hydrogens (tertiary/aromatic N) is 2. The van der Waals surface area contributed by atoms with Gasteiger partial charge in [0.1, 0.15) is 17.3 Å². The average Bonchev–Trinajstić information content (AvgIpc) is 2.46. The van der Waals surface area contributed by atoms with Gasteiger partial charge in [-0.3, -0.25) is 0 Å². The van der Waals surface area contributed by atoms with Crippen molar-refractivity contribution < 1.29 is 14.0 Å². The lowest BCUT2D eigenvalue weighted by Crippen LogP contribution is -2.36. The van der Waals surface area contributed by atoms with E-state index >= 15 is 0 Å². The van der Waals surface area contributed by atoms with Gasteiger partial charge in [0.2, 0.25) is 0 Å². The maximum atomic E-state index is 14.2. The monoisotopic (exact) mass is 297 g/mol. The molecular weight excluding hydrogens is 276 g/mol. The van der Waals surface area contributed by atoms with Gasteiger partial charge in [-0.15, -0.1) is 0 Å². The zero-order valence-electron chi connectivity index (χ0n) is 12.3. The van der Waals surface area contributed by atoms with Crippen LogP contribution < -0.4 is 10.6 Å². The molecule has 0 heterocycles. The number of nitrogens with two attached hydrogens (primary N) is 1. The van der Waals surface area contributed by atoms with Gasteiger partial charge in [-0.25, -0.2) is 8.78 Å². The summed E-state index contributed by atoms with van der Waals surface area (Å²) >= 11 is 0. The van der Waals surface area contributed by atoms with Crippen LogP contribution in [0.2, 0.25) is 0 Å². The highest BCUT2D eigenvalue weighted by molar-refractivity contribution is 5.97. The molecule has 1 saturated carbocycles. The molecule has 0 atom stereocenters. The molecule has 0 unspecified atom stereocenters. The summed E-state index contributed by atoms with van der Waals surface area (Å²) in [5.41, 5.74) is 5.35. The molecule has 0 amide bonds. The molecule has 21 heavy (non-hydrogen) atoms. The first-order valence-electron chi connectivity index (χ1n) is 7.13. The zero-order chi connectivity index (χ0) is 15.6. The smallest absolute Gasteiger partial charge is 0.170 e. The van der Waals surface area contributed by atoms with Crippen LogP contribution in [0.25, 0.3) is 0 Å². The van der Waals surface area contributed by atoms with Gasteiger partial charge in [0.05, 0.1) is 0 Å². The fourth-order valence-electron chi connectivity index (χ4n) is 2.92. The lowest BCUT2D eigenvalue weighted by molar-refractivity contribution is 0.318. The number of benzene rings is 1. The highest BCUT2D eigenvalue weighted by Crippen LogP contribution is 2.32. The van der Waals surface area contributed by atoms with Crippen LogP contribution in [0, 0.1) is 17.6 Å². The van der Waals surface area contributed by atoms with Crippen LogP contribution in [0.3, 0.4) is 0 Å². The first-order chi connectivity index (χ1) is 9.93. The van der Waals surface area contributed by atoms with Crippen molar-refractivity contribution in [3.05, 3.63) is 29.3 Å². The van der Waals surface area contributed by atoms with E-state index in [-0.39, 0.29) is 23.1 Å². The second-order valence-corrected chi connectivity index (χ2v) is 5.80. The number of hydrogen-bond acceptors (Lipinski definition) is 3. The summed E-state index contributed by atoms with van der Waals surface area (Å²) < 4.78 is 28.4. The number of anilines is 1. The molecule has 0 saturated heterocycles. The SMILES string of the molecule is CC1CCC(N(C)c2c(F)cc(C(N)=NO)cc2F)CC1. The third-order valence-electron chi connectivity index (χ3n) is 4.31. The Kier molecular flexibility index (Phi) is 4.65. The molecule has 0 radical (unpaired) electrons. The van der Waals surface area contributed by atoms with E-state index in [0.29, 0.717) is 5.92 Å². The summed E-state index contributed by atoms with van der Waals surface area (Å²) in [7, 11) is 1.71. The molecule has 1 aliphatic rings. The average molecular weight is 297 g/mol. The number of hydrogen-bond donors (Lipinski definition) is 2. The van der Waals surface area contributed by atoms with Crippen LogP contribution in [0.1, 0.15) is 38.2 Å². The van der Waals surface area contributed by atoms with Crippen molar-refractivity contribution in [2.75, 3.05) is 11.9 Å². The van der Waals surface area contributed by atoms with Gasteiger partial charge in [0, 0.05) is 18.7 Å². The number of rotatable bonds is 3. The Bertz CT molecular complexity index is 517. The number of oxime groups is 1. The van der Waals surface area contributed by atoms with Crippen molar-refractivity contribution in [1.82, 2.24) is 0 Å². The summed E-state index contributed by atoms with van der Waals surface area (Å²) in [6.45, 7) is 2.20. The van der Waals surface area contributed by atoms with E-state index in [0.717, 1.165) is 37.8 Å². The summed E-state index contributed by atoms with van der Waals surface area (Å²) in [6.07, 6.45) is 4.00. The molecule has 3 N–H and O–H groups in total. The number of amidine groups is 1. The predicted octanol–water partition coefficient (Wildman–Crippen LogP) is 3.07. The normalized spacial score (nSPS) is 23.1. The zero-order valence-corrected chi connectivity index (χ0v) is 12.3. The van der Waals surface area contributed by atoms with Crippen molar-refractivity contribution in [2.24, 2.45) is 16.8 Å². The molecule has 0 bridgehead atoms. The van der Waals surface area contributed by atoms with Gasteiger partial charge in [-0.1, -0.05) is 12.1 Å². The van der Waals surface area contributed by atoms with Gasteiger partial charge >= 0.3 is 0 Å². The Morgan fingerprint density at radius 1 is 1.24 bits per heavy atom. The molecule has 6 heteroatoms. The Balaban J connectivity index is 2.27. The largest absolute Gasteiger partial charge is 0.409 e. The fraction of sp³-hybridized carbons (Fsp3) is 0.533. The second-order valence-electron chi connectivity index (χ2n) is 5.80. The standard InChI is InChI=1S/C15H21F2N3O/c1-9-3-5-11(6-4-9)20(2)14-12(16)7-10(8-13(14)17)15(18)19-21/h7-9,11,21H,3-6H2,1-2H3,(H2,18,19). The topological polar surface area (TPSA) is 61.8 Å². The fourth-order valence-corrected chi connectivity index (χ4v) is 2.92. The molecule has 1 aromatic carbocycles. The Morgan fingerprint density at radius 3 is 2.24 bits per heavy atom. The third kappa shape index (κ3) is 3.25. The van der Waals surface area contributed by atoms with Crippen molar-refractivity contribution >= 4 is 11.5 Å². The minimum absolute atomic E-state index is 0.0296. The second kappa shape index (κ2) is 6.28. The summed E-state index contributed by atoms with van der Waals surface area (Å²) in [5, 5.41) is 11.3.